The quantitative estimate of drug-likeness (QED) is 0.792. The van der Waals surface area contributed by atoms with Gasteiger partial charge in [0.25, 0.3) is 0 Å². The van der Waals surface area contributed by atoms with Crippen molar-refractivity contribution in [2.75, 3.05) is 0 Å². The van der Waals surface area contributed by atoms with Gasteiger partial charge in [0.15, 0.2) is 0 Å². The van der Waals surface area contributed by atoms with Gasteiger partial charge in [0.1, 0.15) is 10.8 Å². The van der Waals surface area contributed by atoms with Crippen molar-refractivity contribution in [2.24, 2.45) is 0 Å². The lowest BCUT2D eigenvalue weighted by molar-refractivity contribution is 0.281. The summed E-state index contributed by atoms with van der Waals surface area (Å²) in [6, 6.07) is 0. The standard InChI is InChI=1S/C8H8N2O2S/c1-5-6(2-9-12-5)7-4-13-8(3-11)10-7/h2,4,11H,3H2,1H3. The maximum atomic E-state index is 8.83. The van der Waals surface area contributed by atoms with Gasteiger partial charge >= 0.3 is 0 Å². The van der Waals surface area contributed by atoms with Crippen molar-refractivity contribution in [3.8, 4) is 11.3 Å². The minimum Gasteiger partial charge on any atom is -0.389 e. The second kappa shape index (κ2) is 3.27. The Morgan fingerprint density at radius 2 is 2.46 bits per heavy atom. The van der Waals surface area contributed by atoms with Crippen LogP contribution in [-0.2, 0) is 6.61 Å². The highest BCUT2D eigenvalue weighted by Crippen LogP contribution is 2.24. The van der Waals surface area contributed by atoms with Crippen LogP contribution in [0.5, 0.6) is 0 Å². The molecular weight excluding hydrogens is 188 g/mol. The number of hydrogen-bond donors (Lipinski definition) is 1. The molecule has 0 spiro atoms. The monoisotopic (exact) mass is 196 g/mol. The highest BCUT2D eigenvalue weighted by atomic mass is 32.1. The van der Waals surface area contributed by atoms with Crippen LogP contribution in [0.15, 0.2) is 16.1 Å². The molecule has 1 N–H and O–H groups in total. The topological polar surface area (TPSA) is 59.2 Å². The van der Waals surface area contributed by atoms with Crippen LogP contribution in [0, 0.1) is 6.92 Å². The van der Waals surface area contributed by atoms with E-state index in [4.69, 9.17) is 9.63 Å². The zero-order valence-electron chi connectivity index (χ0n) is 7.02. The molecule has 2 rings (SSSR count). The van der Waals surface area contributed by atoms with Crippen LogP contribution in [0.25, 0.3) is 11.3 Å². The molecule has 0 saturated heterocycles. The minimum atomic E-state index is -0.0189. The van der Waals surface area contributed by atoms with Gasteiger partial charge in [0.2, 0.25) is 0 Å². The van der Waals surface area contributed by atoms with Gasteiger partial charge in [0.05, 0.1) is 24.1 Å². The molecule has 0 aliphatic carbocycles. The van der Waals surface area contributed by atoms with Crippen LogP contribution < -0.4 is 0 Å². The van der Waals surface area contributed by atoms with Crippen LogP contribution in [0.2, 0.25) is 0 Å². The average Bonchev–Trinajstić information content (AvgIpc) is 2.71. The van der Waals surface area contributed by atoms with Crippen molar-refractivity contribution in [3.05, 3.63) is 22.3 Å². The summed E-state index contributed by atoms with van der Waals surface area (Å²) in [5.74, 6) is 0.745. The molecule has 4 nitrogen and oxygen atoms in total. The molecule has 0 fully saturated rings. The van der Waals surface area contributed by atoms with E-state index in [1.54, 1.807) is 6.20 Å². The number of aryl methyl sites for hydroxylation is 1. The summed E-state index contributed by atoms with van der Waals surface area (Å²) in [5, 5.41) is 15.1. The van der Waals surface area contributed by atoms with Gasteiger partial charge in [-0.05, 0) is 6.92 Å². The highest BCUT2D eigenvalue weighted by molar-refractivity contribution is 7.09. The fourth-order valence-corrected chi connectivity index (χ4v) is 1.70. The summed E-state index contributed by atoms with van der Waals surface area (Å²) in [6.45, 7) is 1.81. The summed E-state index contributed by atoms with van der Waals surface area (Å²) in [6.07, 6.45) is 1.63. The Hall–Kier alpha value is -1.20. The number of aromatic nitrogens is 2. The third-order valence-corrected chi connectivity index (χ3v) is 2.55. The molecule has 0 aliphatic rings. The first-order valence-electron chi connectivity index (χ1n) is 3.78. The lowest BCUT2D eigenvalue weighted by atomic mass is 10.2. The van der Waals surface area contributed by atoms with E-state index in [2.05, 4.69) is 10.1 Å². The predicted octanol–water partition coefficient (Wildman–Crippen LogP) is 1.60. The maximum Gasteiger partial charge on any atom is 0.143 e. The SMILES string of the molecule is Cc1oncc1-c1csc(CO)n1. The second-order valence-corrected chi connectivity index (χ2v) is 3.52. The van der Waals surface area contributed by atoms with Gasteiger partial charge < -0.3 is 9.63 Å². The third-order valence-electron chi connectivity index (χ3n) is 1.71. The third kappa shape index (κ3) is 1.48. The zero-order valence-corrected chi connectivity index (χ0v) is 7.84. The van der Waals surface area contributed by atoms with E-state index in [1.165, 1.54) is 11.3 Å². The van der Waals surface area contributed by atoms with E-state index in [9.17, 15) is 0 Å². The molecule has 0 saturated carbocycles. The van der Waals surface area contributed by atoms with E-state index in [1.807, 2.05) is 12.3 Å². The molecule has 0 amide bonds. The molecule has 5 heteroatoms. The number of rotatable bonds is 2. The minimum absolute atomic E-state index is 0.0189. The summed E-state index contributed by atoms with van der Waals surface area (Å²) in [7, 11) is 0. The van der Waals surface area contributed by atoms with E-state index < -0.39 is 0 Å². The maximum absolute atomic E-state index is 8.83. The van der Waals surface area contributed by atoms with E-state index in [-0.39, 0.29) is 6.61 Å². The van der Waals surface area contributed by atoms with E-state index in [0.29, 0.717) is 5.01 Å². The molecule has 2 aromatic rings. The van der Waals surface area contributed by atoms with Crippen LogP contribution >= 0.6 is 11.3 Å². The first-order valence-corrected chi connectivity index (χ1v) is 4.66. The molecule has 68 valence electrons. The Bertz CT molecular complexity index is 408. The molecule has 2 heterocycles. The molecule has 0 atom stereocenters. The van der Waals surface area contributed by atoms with Crippen LogP contribution in [-0.4, -0.2) is 15.2 Å². The largest absolute Gasteiger partial charge is 0.389 e. The number of aliphatic hydroxyl groups excluding tert-OH is 1. The molecule has 0 radical (unpaired) electrons. The Morgan fingerprint density at radius 3 is 3.00 bits per heavy atom. The fraction of sp³-hybridized carbons (Fsp3) is 0.250. The summed E-state index contributed by atoms with van der Waals surface area (Å²) >= 11 is 1.43. The average molecular weight is 196 g/mol. The number of nitrogens with zero attached hydrogens (tertiary/aromatic N) is 2. The van der Waals surface area contributed by atoms with Gasteiger partial charge in [-0.25, -0.2) is 4.98 Å². The summed E-state index contributed by atoms with van der Waals surface area (Å²) in [5.41, 5.74) is 1.70. The molecule has 13 heavy (non-hydrogen) atoms. The van der Waals surface area contributed by atoms with Crippen LogP contribution in [0.1, 0.15) is 10.8 Å². The lowest BCUT2D eigenvalue weighted by Gasteiger charge is -1.88. The van der Waals surface area contributed by atoms with Crippen molar-refractivity contribution in [2.45, 2.75) is 13.5 Å². The molecule has 0 aromatic carbocycles. The summed E-state index contributed by atoms with van der Waals surface area (Å²) < 4.78 is 4.91. The van der Waals surface area contributed by atoms with Crippen molar-refractivity contribution in [3.63, 3.8) is 0 Å². The van der Waals surface area contributed by atoms with Gasteiger partial charge in [-0.15, -0.1) is 11.3 Å². The van der Waals surface area contributed by atoms with Crippen LogP contribution in [0.3, 0.4) is 0 Å². The lowest BCUT2D eigenvalue weighted by Crippen LogP contribution is -1.81. The van der Waals surface area contributed by atoms with Crippen LogP contribution in [0.4, 0.5) is 0 Å². The fourth-order valence-electron chi connectivity index (χ4n) is 1.05. The molecule has 0 bridgehead atoms. The smallest absolute Gasteiger partial charge is 0.143 e. The van der Waals surface area contributed by atoms with Crippen molar-refractivity contribution >= 4 is 11.3 Å². The molecular formula is C8H8N2O2S. The normalized spacial score (nSPS) is 10.6. The summed E-state index contributed by atoms with van der Waals surface area (Å²) in [4.78, 5) is 4.20. The number of hydrogen-bond acceptors (Lipinski definition) is 5. The Balaban J connectivity index is 2.41. The number of aliphatic hydroxyl groups is 1. The number of thiazole rings is 1. The Kier molecular flexibility index (Phi) is 2.12. The second-order valence-electron chi connectivity index (χ2n) is 2.58. The van der Waals surface area contributed by atoms with Gasteiger partial charge in [0, 0.05) is 5.38 Å². The van der Waals surface area contributed by atoms with Gasteiger partial charge in [-0.2, -0.15) is 0 Å². The Morgan fingerprint density at radius 1 is 1.62 bits per heavy atom. The highest BCUT2D eigenvalue weighted by Gasteiger charge is 2.09. The van der Waals surface area contributed by atoms with Gasteiger partial charge in [-0.1, -0.05) is 5.16 Å². The molecule has 2 aromatic heterocycles. The van der Waals surface area contributed by atoms with Crippen molar-refractivity contribution in [1.82, 2.24) is 10.1 Å². The predicted molar refractivity (Wildman–Crippen MR) is 48.3 cm³/mol. The van der Waals surface area contributed by atoms with Crippen molar-refractivity contribution in [1.29, 1.82) is 0 Å². The first kappa shape index (κ1) is 8.40. The van der Waals surface area contributed by atoms with Gasteiger partial charge in [-0.3, -0.25) is 0 Å². The molecule has 0 aliphatic heterocycles. The van der Waals surface area contributed by atoms with E-state index in [0.717, 1.165) is 17.0 Å². The van der Waals surface area contributed by atoms with Crippen molar-refractivity contribution < 1.29 is 9.63 Å². The zero-order chi connectivity index (χ0) is 9.26. The van der Waals surface area contributed by atoms with E-state index >= 15 is 0 Å². The first-order chi connectivity index (χ1) is 6.31. The molecule has 0 unspecified atom stereocenters. The Labute approximate surface area is 78.8 Å².